The summed E-state index contributed by atoms with van der Waals surface area (Å²) in [6.45, 7) is 4.25. The van der Waals surface area contributed by atoms with Crippen molar-refractivity contribution in [2.24, 2.45) is 0 Å². The number of hydrogen-bond acceptors (Lipinski definition) is 3. The molecule has 0 unspecified atom stereocenters. The number of fused-ring (bicyclic) bond motifs is 1. The Labute approximate surface area is 162 Å². The maximum atomic E-state index is 6.08. The molecule has 0 fully saturated rings. The van der Waals surface area contributed by atoms with Crippen LogP contribution in [0.15, 0.2) is 66.0 Å². The summed E-state index contributed by atoms with van der Waals surface area (Å²) in [6.07, 6.45) is 3.69. The molecule has 130 valence electrons. The van der Waals surface area contributed by atoms with E-state index in [1.807, 2.05) is 28.9 Å². The number of rotatable bonds is 4. The average Bonchev–Trinajstić information content (AvgIpc) is 3.07. The van der Waals surface area contributed by atoms with Crippen LogP contribution in [0.4, 0.5) is 0 Å². The fraction of sp³-hybridized carbons (Fsp3) is 0.143. The number of halogens is 1. The van der Waals surface area contributed by atoms with Gasteiger partial charge in [0.25, 0.3) is 0 Å². The molecular formula is C21H18ClN3S. The second-order valence-corrected chi connectivity index (χ2v) is 7.71. The topological polar surface area (TPSA) is 30.2 Å². The van der Waals surface area contributed by atoms with Gasteiger partial charge in [-0.15, -0.1) is 0 Å². The Morgan fingerprint density at radius 1 is 1.04 bits per heavy atom. The Hall–Kier alpha value is -2.30. The molecule has 4 aromatic rings. The van der Waals surface area contributed by atoms with Crippen molar-refractivity contribution in [3.05, 3.63) is 82.6 Å². The van der Waals surface area contributed by atoms with Crippen LogP contribution in [0.2, 0.25) is 5.02 Å². The summed E-state index contributed by atoms with van der Waals surface area (Å²) >= 11 is 7.77. The Balaban J connectivity index is 1.66. The van der Waals surface area contributed by atoms with Gasteiger partial charge in [-0.1, -0.05) is 47.6 Å². The fourth-order valence-electron chi connectivity index (χ4n) is 2.83. The van der Waals surface area contributed by atoms with Gasteiger partial charge in [0.1, 0.15) is 5.03 Å². The maximum absolute atomic E-state index is 6.08. The van der Waals surface area contributed by atoms with Crippen LogP contribution in [0.5, 0.6) is 0 Å². The molecule has 3 nitrogen and oxygen atoms in total. The van der Waals surface area contributed by atoms with Crippen molar-refractivity contribution in [3.8, 4) is 11.3 Å². The van der Waals surface area contributed by atoms with Crippen LogP contribution in [-0.4, -0.2) is 14.6 Å². The highest BCUT2D eigenvalue weighted by atomic mass is 35.5. The lowest BCUT2D eigenvalue weighted by atomic mass is 10.0. The summed E-state index contributed by atoms with van der Waals surface area (Å²) < 4.78 is 1.90. The third-order valence-corrected chi connectivity index (χ3v) is 5.72. The van der Waals surface area contributed by atoms with Gasteiger partial charge in [0.05, 0.1) is 11.2 Å². The molecule has 0 saturated heterocycles. The number of aryl methyl sites for hydroxylation is 2. The Kier molecular flexibility index (Phi) is 4.70. The van der Waals surface area contributed by atoms with E-state index < -0.39 is 0 Å². The zero-order chi connectivity index (χ0) is 18.1. The zero-order valence-electron chi connectivity index (χ0n) is 14.6. The largest absolute Gasteiger partial charge is 0.246 e. The first kappa shape index (κ1) is 17.1. The Bertz CT molecular complexity index is 1090. The van der Waals surface area contributed by atoms with Crippen molar-refractivity contribution in [1.82, 2.24) is 14.6 Å². The minimum atomic E-state index is 0.760. The van der Waals surface area contributed by atoms with Crippen molar-refractivity contribution in [3.63, 3.8) is 0 Å². The van der Waals surface area contributed by atoms with Gasteiger partial charge in [-0.3, -0.25) is 0 Å². The molecule has 0 aliphatic rings. The Morgan fingerprint density at radius 2 is 1.92 bits per heavy atom. The van der Waals surface area contributed by atoms with Crippen LogP contribution in [0.1, 0.15) is 16.7 Å². The molecule has 0 bridgehead atoms. The van der Waals surface area contributed by atoms with Crippen molar-refractivity contribution in [2.45, 2.75) is 24.6 Å². The van der Waals surface area contributed by atoms with Gasteiger partial charge in [0.15, 0.2) is 0 Å². The van der Waals surface area contributed by atoms with E-state index in [9.17, 15) is 0 Å². The van der Waals surface area contributed by atoms with Gasteiger partial charge in [-0.2, -0.15) is 5.10 Å². The van der Waals surface area contributed by atoms with E-state index in [0.29, 0.717) is 0 Å². The third-order valence-electron chi connectivity index (χ3n) is 4.42. The highest BCUT2D eigenvalue weighted by molar-refractivity contribution is 7.98. The van der Waals surface area contributed by atoms with Crippen LogP contribution < -0.4 is 0 Å². The van der Waals surface area contributed by atoms with Crippen LogP contribution in [0.25, 0.3) is 16.8 Å². The van der Waals surface area contributed by atoms with Crippen molar-refractivity contribution in [2.75, 3.05) is 0 Å². The number of aromatic nitrogens is 3. The zero-order valence-corrected chi connectivity index (χ0v) is 16.2. The Morgan fingerprint density at radius 3 is 2.73 bits per heavy atom. The van der Waals surface area contributed by atoms with Gasteiger partial charge in [0.2, 0.25) is 0 Å². The highest BCUT2D eigenvalue weighted by Gasteiger charge is 2.10. The highest BCUT2D eigenvalue weighted by Crippen LogP contribution is 2.29. The van der Waals surface area contributed by atoms with Crippen molar-refractivity contribution >= 4 is 28.9 Å². The lowest BCUT2D eigenvalue weighted by Gasteiger charge is -2.03. The van der Waals surface area contributed by atoms with E-state index in [-0.39, 0.29) is 0 Å². The molecule has 5 heteroatoms. The third kappa shape index (κ3) is 3.48. The standard InChI is InChI=1S/C21H18ClN3S/c1-14-6-7-17(10-15(14)2)19-12-20-21(23-8-9-25(20)24-19)26-13-16-4-3-5-18(22)11-16/h3-12H,13H2,1-2H3. The van der Waals surface area contributed by atoms with E-state index in [0.717, 1.165) is 32.6 Å². The molecule has 0 aliphatic heterocycles. The molecule has 0 N–H and O–H groups in total. The smallest absolute Gasteiger partial charge is 0.122 e. The van der Waals surface area contributed by atoms with Gasteiger partial charge < -0.3 is 0 Å². The predicted molar refractivity (Wildman–Crippen MR) is 109 cm³/mol. The SMILES string of the molecule is Cc1ccc(-c2cc3c(SCc4cccc(Cl)c4)nccn3n2)cc1C. The molecule has 0 amide bonds. The molecule has 2 aromatic carbocycles. The van der Waals surface area contributed by atoms with Crippen molar-refractivity contribution < 1.29 is 0 Å². The van der Waals surface area contributed by atoms with E-state index >= 15 is 0 Å². The summed E-state index contributed by atoms with van der Waals surface area (Å²) in [6, 6.07) is 16.5. The van der Waals surface area contributed by atoms with Crippen LogP contribution in [0, 0.1) is 13.8 Å². The summed E-state index contributed by atoms with van der Waals surface area (Å²) in [5, 5.41) is 6.45. The number of hydrogen-bond donors (Lipinski definition) is 0. The normalized spacial score (nSPS) is 11.2. The lowest BCUT2D eigenvalue weighted by Crippen LogP contribution is -1.91. The minimum absolute atomic E-state index is 0.760. The van der Waals surface area contributed by atoms with Crippen LogP contribution in [0.3, 0.4) is 0 Å². The van der Waals surface area contributed by atoms with Gasteiger partial charge in [-0.25, -0.2) is 9.50 Å². The number of nitrogens with zero attached hydrogens (tertiary/aromatic N) is 3. The molecule has 0 atom stereocenters. The molecule has 4 rings (SSSR count). The summed E-state index contributed by atoms with van der Waals surface area (Å²) in [7, 11) is 0. The van der Waals surface area contributed by atoms with Gasteiger partial charge in [0, 0.05) is 28.7 Å². The molecule has 0 spiro atoms. The van der Waals surface area contributed by atoms with Gasteiger partial charge >= 0.3 is 0 Å². The van der Waals surface area contributed by atoms with Gasteiger partial charge in [-0.05, 0) is 54.8 Å². The van der Waals surface area contributed by atoms with E-state index in [1.165, 1.54) is 16.7 Å². The number of benzene rings is 2. The summed E-state index contributed by atoms with van der Waals surface area (Å²) in [4.78, 5) is 4.55. The second kappa shape index (κ2) is 7.14. The molecule has 0 aliphatic carbocycles. The first-order valence-electron chi connectivity index (χ1n) is 8.39. The quantitative estimate of drug-likeness (QED) is 0.410. The van der Waals surface area contributed by atoms with Crippen LogP contribution >= 0.6 is 23.4 Å². The molecule has 2 heterocycles. The number of thioether (sulfide) groups is 1. The van der Waals surface area contributed by atoms with Crippen LogP contribution in [-0.2, 0) is 5.75 Å². The predicted octanol–water partition coefficient (Wildman–Crippen LogP) is 5.96. The molecule has 26 heavy (non-hydrogen) atoms. The minimum Gasteiger partial charge on any atom is -0.246 e. The van der Waals surface area contributed by atoms with E-state index in [4.69, 9.17) is 16.7 Å². The molecular weight excluding hydrogens is 362 g/mol. The van der Waals surface area contributed by atoms with E-state index in [2.05, 4.69) is 49.2 Å². The second-order valence-electron chi connectivity index (χ2n) is 6.31. The fourth-order valence-corrected chi connectivity index (χ4v) is 3.96. The first-order chi connectivity index (χ1) is 12.6. The maximum Gasteiger partial charge on any atom is 0.122 e. The summed E-state index contributed by atoms with van der Waals surface area (Å²) in [5.41, 5.74) is 6.85. The lowest BCUT2D eigenvalue weighted by molar-refractivity contribution is 0.920. The summed E-state index contributed by atoms with van der Waals surface area (Å²) in [5.74, 6) is 0.817. The molecule has 0 radical (unpaired) electrons. The molecule has 0 saturated carbocycles. The monoisotopic (exact) mass is 379 g/mol. The van der Waals surface area contributed by atoms with E-state index in [1.54, 1.807) is 18.0 Å². The average molecular weight is 380 g/mol. The molecule has 2 aromatic heterocycles. The first-order valence-corrected chi connectivity index (χ1v) is 9.76. The van der Waals surface area contributed by atoms with Crippen molar-refractivity contribution in [1.29, 1.82) is 0 Å².